The Morgan fingerprint density at radius 2 is 2.05 bits per heavy atom. The molecule has 1 saturated carbocycles. The average Bonchev–Trinajstić information content (AvgIpc) is 3.17. The predicted octanol–water partition coefficient (Wildman–Crippen LogP) is 3.49. The molecule has 0 spiro atoms. The van der Waals surface area contributed by atoms with E-state index in [2.05, 4.69) is 27.0 Å². The molecule has 2 heterocycles. The largest absolute Gasteiger partial charge is 0.317 e. The van der Waals surface area contributed by atoms with Crippen molar-refractivity contribution >= 4 is 11.3 Å². The fourth-order valence-electron chi connectivity index (χ4n) is 3.20. The lowest BCUT2D eigenvalue weighted by atomic mass is 9.93. The fourth-order valence-corrected chi connectivity index (χ4v) is 3.86. The van der Waals surface area contributed by atoms with Gasteiger partial charge in [-0.15, -0.1) is 0 Å². The van der Waals surface area contributed by atoms with Crippen molar-refractivity contribution < 1.29 is 0 Å². The van der Waals surface area contributed by atoms with Crippen LogP contribution in [0.5, 0.6) is 0 Å². The molecule has 1 aliphatic heterocycles. The minimum absolute atomic E-state index is 0.896. The molecule has 0 radical (unpaired) electrons. The third-order valence-corrected chi connectivity index (χ3v) is 5.28. The number of hydrogen-bond acceptors (Lipinski definition) is 3. The molecular formula is C16H26N2S. The SMILES string of the molecule is c1cc(CN(CCCC2CCNCC2)C2CC2)cs1. The third kappa shape index (κ3) is 4.30. The molecule has 19 heavy (non-hydrogen) atoms. The first-order valence-electron chi connectivity index (χ1n) is 7.87. The zero-order valence-corrected chi connectivity index (χ0v) is 12.6. The van der Waals surface area contributed by atoms with Gasteiger partial charge in [-0.1, -0.05) is 0 Å². The van der Waals surface area contributed by atoms with Gasteiger partial charge in [-0.3, -0.25) is 4.90 Å². The van der Waals surface area contributed by atoms with Gasteiger partial charge < -0.3 is 5.32 Å². The van der Waals surface area contributed by atoms with Crippen LogP contribution in [0.1, 0.15) is 44.1 Å². The van der Waals surface area contributed by atoms with Crippen LogP contribution in [0.2, 0.25) is 0 Å². The number of thiophene rings is 1. The fraction of sp³-hybridized carbons (Fsp3) is 0.750. The van der Waals surface area contributed by atoms with Gasteiger partial charge in [-0.2, -0.15) is 11.3 Å². The smallest absolute Gasteiger partial charge is 0.0244 e. The molecule has 0 bridgehead atoms. The second-order valence-corrected chi connectivity index (χ2v) is 6.95. The summed E-state index contributed by atoms with van der Waals surface area (Å²) in [7, 11) is 0. The number of nitrogens with one attached hydrogen (secondary N) is 1. The van der Waals surface area contributed by atoms with Gasteiger partial charge in [0.05, 0.1) is 0 Å². The lowest BCUT2D eigenvalue weighted by Crippen LogP contribution is -2.29. The van der Waals surface area contributed by atoms with Gasteiger partial charge in [0, 0.05) is 12.6 Å². The average molecular weight is 278 g/mol. The van der Waals surface area contributed by atoms with Crippen LogP contribution in [0, 0.1) is 5.92 Å². The molecule has 3 heteroatoms. The van der Waals surface area contributed by atoms with Crippen LogP contribution < -0.4 is 5.32 Å². The van der Waals surface area contributed by atoms with Crippen molar-refractivity contribution in [3.8, 4) is 0 Å². The third-order valence-electron chi connectivity index (χ3n) is 4.55. The number of piperidine rings is 1. The summed E-state index contributed by atoms with van der Waals surface area (Å²) in [5.74, 6) is 0.989. The normalized spacial score (nSPS) is 21.1. The molecule has 2 fully saturated rings. The molecule has 0 aromatic carbocycles. The van der Waals surface area contributed by atoms with E-state index in [1.54, 1.807) is 0 Å². The second-order valence-electron chi connectivity index (χ2n) is 6.17. The number of nitrogens with zero attached hydrogens (tertiary/aromatic N) is 1. The topological polar surface area (TPSA) is 15.3 Å². The van der Waals surface area contributed by atoms with E-state index in [0.717, 1.165) is 12.0 Å². The predicted molar refractivity (Wildman–Crippen MR) is 82.6 cm³/mol. The Bertz CT molecular complexity index is 353. The maximum atomic E-state index is 3.46. The maximum Gasteiger partial charge on any atom is 0.0244 e. The van der Waals surface area contributed by atoms with Crippen molar-refractivity contribution in [2.75, 3.05) is 19.6 Å². The summed E-state index contributed by atoms with van der Waals surface area (Å²) in [5, 5.41) is 7.97. The Labute approximate surface area is 121 Å². The Hall–Kier alpha value is -0.380. The molecular weight excluding hydrogens is 252 g/mol. The monoisotopic (exact) mass is 278 g/mol. The molecule has 106 valence electrons. The highest BCUT2D eigenvalue weighted by Gasteiger charge is 2.28. The Morgan fingerprint density at radius 3 is 2.74 bits per heavy atom. The highest BCUT2D eigenvalue weighted by molar-refractivity contribution is 7.07. The first-order chi connectivity index (χ1) is 9.42. The molecule has 1 aliphatic carbocycles. The van der Waals surface area contributed by atoms with Gasteiger partial charge in [0.2, 0.25) is 0 Å². The first kappa shape index (κ1) is 13.6. The summed E-state index contributed by atoms with van der Waals surface area (Å²) >= 11 is 1.83. The van der Waals surface area contributed by atoms with E-state index in [4.69, 9.17) is 0 Å². The van der Waals surface area contributed by atoms with Crippen molar-refractivity contribution in [2.45, 2.75) is 51.1 Å². The maximum absolute atomic E-state index is 3.46. The van der Waals surface area contributed by atoms with E-state index in [0.29, 0.717) is 0 Å². The van der Waals surface area contributed by atoms with Crippen molar-refractivity contribution in [2.24, 2.45) is 5.92 Å². The molecule has 1 aromatic rings. The highest BCUT2D eigenvalue weighted by Crippen LogP contribution is 2.29. The van der Waals surface area contributed by atoms with E-state index < -0.39 is 0 Å². The van der Waals surface area contributed by atoms with E-state index in [1.165, 1.54) is 70.3 Å². The highest BCUT2D eigenvalue weighted by atomic mass is 32.1. The summed E-state index contributed by atoms with van der Waals surface area (Å²) in [6.45, 7) is 4.97. The first-order valence-corrected chi connectivity index (χ1v) is 8.82. The standard InChI is InChI=1S/C16H26N2S/c1(2-14-5-8-17-9-6-14)10-18(16-3-4-16)12-15-7-11-19-13-15/h7,11,13-14,16-17H,1-6,8-10,12H2. The summed E-state index contributed by atoms with van der Waals surface area (Å²) in [5.41, 5.74) is 1.51. The lowest BCUT2D eigenvalue weighted by Gasteiger charge is -2.25. The minimum Gasteiger partial charge on any atom is -0.317 e. The van der Waals surface area contributed by atoms with Gasteiger partial charge in [-0.05, 0) is 86.5 Å². The molecule has 0 amide bonds. The Kier molecular flexibility index (Phi) is 4.91. The van der Waals surface area contributed by atoms with Gasteiger partial charge >= 0.3 is 0 Å². The van der Waals surface area contributed by atoms with Crippen LogP contribution >= 0.6 is 11.3 Å². The van der Waals surface area contributed by atoms with Crippen LogP contribution in [0.3, 0.4) is 0 Å². The summed E-state index contributed by atoms with van der Waals surface area (Å²) < 4.78 is 0. The minimum atomic E-state index is 0.896. The summed E-state index contributed by atoms with van der Waals surface area (Å²) in [4.78, 5) is 2.73. The van der Waals surface area contributed by atoms with Crippen molar-refractivity contribution in [1.29, 1.82) is 0 Å². The molecule has 2 aliphatic rings. The second kappa shape index (κ2) is 6.87. The molecule has 3 rings (SSSR count). The van der Waals surface area contributed by atoms with Crippen LogP contribution in [0.15, 0.2) is 16.8 Å². The molecule has 1 N–H and O–H groups in total. The van der Waals surface area contributed by atoms with Crippen LogP contribution in [0.25, 0.3) is 0 Å². The quantitative estimate of drug-likeness (QED) is 0.821. The van der Waals surface area contributed by atoms with Crippen molar-refractivity contribution in [1.82, 2.24) is 10.2 Å². The summed E-state index contributed by atoms with van der Waals surface area (Å²) in [6.07, 6.45) is 8.48. The Morgan fingerprint density at radius 1 is 1.21 bits per heavy atom. The zero-order valence-electron chi connectivity index (χ0n) is 11.8. The van der Waals surface area contributed by atoms with Gasteiger partial charge in [0.15, 0.2) is 0 Å². The number of rotatable bonds is 7. The zero-order chi connectivity index (χ0) is 12.9. The van der Waals surface area contributed by atoms with Crippen LogP contribution in [-0.2, 0) is 6.54 Å². The number of hydrogen-bond donors (Lipinski definition) is 1. The summed E-state index contributed by atoms with van der Waals surface area (Å²) in [6, 6.07) is 3.18. The lowest BCUT2D eigenvalue weighted by molar-refractivity contribution is 0.235. The van der Waals surface area contributed by atoms with E-state index in [1.807, 2.05) is 11.3 Å². The van der Waals surface area contributed by atoms with Crippen molar-refractivity contribution in [3.05, 3.63) is 22.4 Å². The Balaban J connectivity index is 1.40. The van der Waals surface area contributed by atoms with Crippen LogP contribution in [-0.4, -0.2) is 30.6 Å². The molecule has 1 aromatic heterocycles. The van der Waals surface area contributed by atoms with E-state index in [9.17, 15) is 0 Å². The van der Waals surface area contributed by atoms with Gasteiger partial charge in [-0.25, -0.2) is 0 Å². The van der Waals surface area contributed by atoms with Crippen LogP contribution in [0.4, 0.5) is 0 Å². The molecule has 0 atom stereocenters. The molecule has 2 nitrogen and oxygen atoms in total. The molecule has 1 saturated heterocycles. The van der Waals surface area contributed by atoms with Gasteiger partial charge in [0.1, 0.15) is 0 Å². The van der Waals surface area contributed by atoms with E-state index >= 15 is 0 Å². The van der Waals surface area contributed by atoms with Crippen molar-refractivity contribution in [3.63, 3.8) is 0 Å². The van der Waals surface area contributed by atoms with E-state index in [-0.39, 0.29) is 0 Å². The van der Waals surface area contributed by atoms with Gasteiger partial charge in [0.25, 0.3) is 0 Å². The molecule has 0 unspecified atom stereocenters.